The van der Waals surface area contributed by atoms with Crippen molar-refractivity contribution in [1.29, 1.82) is 0 Å². The highest BCUT2D eigenvalue weighted by Crippen LogP contribution is 2.27. The van der Waals surface area contributed by atoms with E-state index >= 15 is 0 Å². The number of esters is 1. The van der Waals surface area contributed by atoms with Crippen LogP contribution in [0.4, 0.5) is 10.5 Å². The molecule has 0 bridgehead atoms. The van der Waals surface area contributed by atoms with Gasteiger partial charge in [-0.05, 0) is 59.1 Å². The first-order valence-electron chi connectivity index (χ1n) is 15.1. The Hall–Kier alpha value is -4.15. The zero-order valence-electron chi connectivity index (χ0n) is 25.6. The molecular weight excluding hydrogens is 550 g/mol. The molecule has 232 valence electrons. The quantitative estimate of drug-likeness (QED) is 0.435. The monoisotopic (exact) mass is 593 g/mol. The van der Waals surface area contributed by atoms with Gasteiger partial charge in [-0.2, -0.15) is 0 Å². The fourth-order valence-electron chi connectivity index (χ4n) is 5.24. The molecule has 2 aliphatic rings. The number of pyridine rings is 1. The number of hydrogen-bond acceptors (Lipinski definition) is 8. The van der Waals surface area contributed by atoms with Crippen LogP contribution >= 0.6 is 0 Å². The first-order chi connectivity index (χ1) is 20.5. The minimum atomic E-state index is -0.980. The van der Waals surface area contributed by atoms with Crippen molar-refractivity contribution in [1.82, 2.24) is 20.1 Å². The average molecular weight is 594 g/mol. The van der Waals surface area contributed by atoms with E-state index in [9.17, 15) is 19.2 Å². The number of carbonyl (C=O) groups is 4. The summed E-state index contributed by atoms with van der Waals surface area (Å²) in [5.74, 6) is -1.27. The van der Waals surface area contributed by atoms with Crippen LogP contribution in [0, 0.1) is 0 Å². The van der Waals surface area contributed by atoms with Gasteiger partial charge < -0.3 is 29.5 Å². The molecule has 1 N–H and O–H groups in total. The summed E-state index contributed by atoms with van der Waals surface area (Å²) in [7, 11) is 0. The first-order valence-corrected chi connectivity index (χ1v) is 15.1. The highest BCUT2D eigenvalue weighted by atomic mass is 16.6. The molecule has 0 aliphatic carbocycles. The van der Waals surface area contributed by atoms with E-state index in [-0.39, 0.29) is 44.1 Å². The predicted molar refractivity (Wildman–Crippen MR) is 163 cm³/mol. The highest BCUT2D eigenvalue weighted by Gasteiger charge is 2.32. The largest absolute Gasteiger partial charge is 0.460 e. The summed E-state index contributed by atoms with van der Waals surface area (Å²) in [6.07, 6.45) is 1.76. The molecule has 1 unspecified atom stereocenters. The van der Waals surface area contributed by atoms with Crippen molar-refractivity contribution < 1.29 is 28.7 Å². The number of amides is 3. The standard InChI is InChI=1S/C32H43N5O6/c1-5-42-31(41)37-19-17-36(18-20-37)30(40)25(13-14-28(38)43-32(2,3)4)34-29(39)27-22-24(35-15-9-10-16-35)21-26(33-27)23-11-7-6-8-12-23/h6-8,11-12,21-22,25H,5,9-10,13-20H2,1-4H3,(H,34,39). The van der Waals surface area contributed by atoms with Crippen molar-refractivity contribution in [3.63, 3.8) is 0 Å². The smallest absolute Gasteiger partial charge is 0.409 e. The number of anilines is 1. The van der Waals surface area contributed by atoms with Gasteiger partial charge in [0.05, 0.1) is 12.3 Å². The molecule has 2 saturated heterocycles. The van der Waals surface area contributed by atoms with Gasteiger partial charge in [0.25, 0.3) is 5.91 Å². The SMILES string of the molecule is CCOC(=O)N1CCN(C(=O)C(CCC(=O)OC(C)(C)C)NC(=O)c2cc(N3CCCC3)cc(-c3ccccc3)n2)CC1. The number of benzene rings is 1. The molecule has 0 spiro atoms. The third-order valence-corrected chi connectivity index (χ3v) is 7.36. The molecule has 43 heavy (non-hydrogen) atoms. The number of carbonyl (C=O) groups excluding carboxylic acids is 4. The first kappa shape index (κ1) is 31.8. The van der Waals surface area contributed by atoms with E-state index in [1.54, 1.807) is 43.6 Å². The van der Waals surface area contributed by atoms with Gasteiger partial charge in [0.1, 0.15) is 17.3 Å². The number of nitrogens with one attached hydrogen (secondary N) is 1. The van der Waals surface area contributed by atoms with Crippen molar-refractivity contribution in [3.8, 4) is 11.3 Å². The second-order valence-electron chi connectivity index (χ2n) is 11.8. The summed E-state index contributed by atoms with van der Waals surface area (Å²) in [6, 6.07) is 12.4. The highest BCUT2D eigenvalue weighted by molar-refractivity contribution is 5.97. The molecule has 11 nitrogen and oxygen atoms in total. The van der Waals surface area contributed by atoms with Crippen molar-refractivity contribution in [3.05, 3.63) is 48.2 Å². The Morgan fingerprint density at radius 2 is 1.58 bits per heavy atom. The van der Waals surface area contributed by atoms with Crippen LogP contribution in [0.3, 0.4) is 0 Å². The van der Waals surface area contributed by atoms with E-state index in [1.807, 2.05) is 36.4 Å². The fourth-order valence-corrected chi connectivity index (χ4v) is 5.24. The molecule has 0 saturated carbocycles. The molecule has 1 aromatic carbocycles. The maximum atomic E-state index is 13.7. The molecule has 1 aromatic heterocycles. The van der Waals surface area contributed by atoms with Gasteiger partial charge in [0, 0.05) is 56.9 Å². The lowest BCUT2D eigenvalue weighted by molar-refractivity contribution is -0.155. The van der Waals surface area contributed by atoms with E-state index in [2.05, 4.69) is 15.2 Å². The Morgan fingerprint density at radius 1 is 0.930 bits per heavy atom. The zero-order valence-corrected chi connectivity index (χ0v) is 25.6. The van der Waals surface area contributed by atoms with Crippen LogP contribution in [0.25, 0.3) is 11.3 Å². The maximum absolute atomic E-state index is 13.7. The molecule has 2 aliphatic heterocycles. The second kappa shape index (κ2) is 14.3. The van der Waals surface area contributed by atoms with Gasteiger partial charge in [-0.1, -0.05) is 30.3 Å². The van der Waals surface area contributed by atoms with Crippen LogP contribution in [-0.4, -0.2) is 96.2 Å². The summed E-state index contributed by atoms with van der Waals surface area (Å²) < 4.78 is 10.5. The Kier molecular flexibility index (Phi) is 10.6. The summed E-state index contributed by atoms with van der Waals surface area (Å²) in [4.78, 5) is 62.2. The Labute approximate surface area is 253 Å². The Morgan fingerprint density at radius 3 is 2.21 bits per heavy atom. The topological polar surface area (TPSA) is 121 Å². The molecule has 0 radical (unpaired) electrons. The maximum Gasteiger partial charge on any atom is 0.409 e. The van der Waals surface area contributed by atoms with Gasteiger partial charge in [-0.3, -0.25) is 14.4 Å². The summed E-state index contributed by atoms with van der Waals surface area (Å²) in [6.45, 7) is 10.4. The van der Waals surface area contributed by atoms with Gasteiger partial charge in [0.15, 0.2) is 0 Å². The lowest BCUT2D eigenvalue weighted by Gasteiger charge is -2.36. The van der Waals surface area contributed by atoms with Crippen LogP contribution in [0.1, 0.15) is 63.9 Å². The molecule has 4 rings (SSSR count). The molecule has 1 atom stereocenters. The Bertz CT molecular complexity index is 1280. The van der Waals surface area contributed by atoms with E-state index in [0.717, 1.165) is 37.2 Å². The van der Waals surface area contributed by atoms with Crippen LogP contribution in [-0.2, 0) is 19.1 Å². The van der Waals surface area contributed by atoms with Gasteiger partial charge in [-0.25, -0.2) is 9.78 Å². The number of nitrogens with zero attached hydrogens (tertiary/aromatic N) is 4. The van der Waals surface area contributed by atoms with E-state index < -0.39 is 29.6 Å². The summed E-state index contributed by atoms with van der Waals surface area (Å²) >= 11 is 0. The van der Waals surface area contributed by atoms with Crippen LogP contribution in [0.15, 0.2) is 42.5 Å². The minimum absolute atomic E-state index is 0.0484. The van der Waals surface area contributed by atoms with Crippen LogP contribution < -0.4 is 10.2 Å². The van der Waals surface area contributed by atoms with E-state index in [0.29, 0.717) is 18.8 Å². The second-order valence-corrected chi connectivity index (χ2v) is 11.8. The summed E-state index contributed by atoms with van der Waals surface area (Å²) in [5, 5.41) is 2.88. The van der Waals surface area contributed by atoms with E-state index in [4.69, 9.17) is 9.47 Å². The van der Waals surface area contributed by atoms with Crippen molar-refractivity contribution in [2.24, 2.45) is 0 Å². The molecule has 11 heteroatoms. The van der Waals surface area contributed by atoms with Gasteiger partial charge in [-0.15, -0.1) is 0 Å². The molecule has 3 heterocycles. The van der Waals surface area contributed by atoms with Crippen LogP contribution in [0.2, 0.25) is 0 Å². The van der Waals surface area contributed by atoms with E-state index in [1.165, 1.54) is 0 Å². The minimum Gasteiger partial charge on any atom is -0.460 e. The van der Waals surface area contributed by atoms with Gasteiger partial charge >= 0.3 is 12.1 Å². The molecular formula is C32H43N5O6. The number of piperazine rings is 1. The number of aromatic nitrogens is 1. The predicted octanol–water partition coefficient (Wildman–Crippen LogP) is 3.87. The van der Waals surface area contributed by atoms with Crippen LogP contribution in [0.5, 0.6) is 0 Å². The van der Waals surface area contributed by atoms with Crippen molar-refractivity contribution in [2.45, 2.75) is 65.0 Å². The normalized spacial score (nSPS) is 16.0. The zero-order chi connectivity index (χ0) is 31.0. The fraction of sp³-hybridized carbons (Fsp3) is 0.531. The molecule has 3 amide bonds. The third kappa shape index (κ3) is 8.92. The lowest BCUT2D eigenvalue weighted by atomic mass is 10.1. The summed E-state index contributed by atoms with van der Waals surface area (Å²) in [5.41, 5.74) is 1.99. The molecule has 2 aromatic rings. The Balaban J connectivity index is 1.55. The average Bonchev–Trinajstić information content (AvgIpc) is 3.54. The lowest BCUT2D eigenvalue weighted by Crippen LogP contribution is -2.56. The number of hydrogen-bond donors (Lipinski definition) is 1. The van der Waals surface area contributed by atoms with Gasteiger partial charge in [0.2, 0.25) is 5.91 Å². The third-order valence-electron chi connectivity index (χ3n) is 7.36. The van der Waals surface area contributed by atoms with Crippen molar-refractivity contribution in [2.75, 3.05) is 50.8 Å². The molecule has 2 fully saturated rings. The number of ether oxygens (including phenoxy) is 2. The van der Waals surface area contributed by atoms with Crippen molar-refractivity contribution >= 4 is 29.6 Å². The number of rotatable bonds is 9.